The Morgan fingerprint density at radius 1 is 1.27 bits per heavy atom. The van der Waals surface area contributed by atoms with Gasteiger partial charge in [0.15, 0.2) is 0 Å². The molecule has 0 fully saturated rings. The number of hydrogen-bond acceptors (Lipinski definition) is 1. The van der Waals surface area contributed by atoms with Gasteiger partial charge in [0.05, 0.1) is 0 Å². The average molecular weight is 214 g/mol. The van der Waals surface area contributed by atoms with Gasteiger partial charge in [-0.25, -0.2) is 0 Å². The second kappa shape index (κ2) is 3.26. The molecule has 1 aromatic rings. The predicted octanol–water partition coefficient (Wildman–Crippen LogP) is 2.82. The highest BCUT2D eigenvalue weighted by atomic mass is 79.9. The van der Waals surface area contributed by atoms with Crippen LogP contribution in [0.4, 0.5) is 5.69 Å². The second-order valence-corrected chi connectivity index (χ2v) is 3.68. The Morgan fingerprint density at radius 2 is 1.91 bits per heavy atom. The molecule has 1 aromatic carbocycles. The molecular weight excluding hydrogens is 202 g/mol. The van der Waals surface area contributed by atoms with Crippen molar-refractivity contribution < 1.29 is 0 Å². The lowest BCUT2D eigenvalue weighted by atomic mass is 10.2. The van der Waals surface area contributed by atoms with E-state index in [0.29, 0.717) is 0 Å². The van der Waals surface area contributed by atoms with Crippen LogP contribution in [0.3, 0.4) is 0 Å². The first kappa shape index (κ1) is 8.60. The highest BCUT2D eigenvalue weighted by Gasteiger charge is 1.97. The molecule has 0 atom stereocenters. The van der Waals surface area contributed by atoms with Gasteiger partial charge in [-0.15, -0.1) is 0 Å². The fraction of sp³-hybridized carbons (Fsp3) is 0.333. The molecule has 2 heteroatoms. The van der Waals surface area contributed by atoms with Gasteiger partial charge < -0.3 is 4.90 Å². The number of halogens is 1. The van der Waals surface area contributed by atoms with E-state index in [9.17, 15) is 0 Å². The smallest absolute Gasteiger partial charge is 0.0364 e. The minimum Gasteiger partial charge on any atom is -0.378 e. The van der Waals surface area contributed by atoms with Crippen molar-refractivity contribution in [1.82, 2.24) is 0 Å². The van der Waals surface area contributed by atoms with E-state index in [2.05, 4.69) is 46.0 Å². The maximum absolute atomic E-state index is 3.46. The van der Waals surface area contributed by atoms with Crippen molar-refractivity contribution in [3.8, 4) is 0 Å². The summed E-state index contributed by atoms with van der Waals surface area (Å²) in [4.78, 5) is 2.10. The molecular formula is C9H12BrN. The second-order valence-electron chi connectivity index (χ2n) is 2.83. The molecule has 0 aliphatic carbocycles. The molecule has 0 saturated heterocycles. The van der Waals surface area contributed by atoms with E-state index in [4.69, 9.17) is 0 Å². The van der Waals surface area contributed by atoms with E-state index in [0.717, 1.165) is 0 Å². The van der Waals surface area contributed by atoms with Gasteiger partial charge >= 0.3 is 0 Å². The molecule has 0 aromatic heterocycles. The average Bonchev–Trinajstić information content (AvgIpc) is 1.94. The Morgan fingerprint density at radius 3 is 2.36 bits per heavy atom. The number of rotatable bonds is 1. The van der Waals surface area contributed by atoms with Gasteiger partial charge in [0.2, 0.25) is 0 Å². The third-order valence-corrected chi connectivity index (χ3v) is 2.55. The fourth-order valence-electron chi connectivity index (χ4n) is 0.907. The van der Waals surface area contributed by atoms with Crippen molar-refractivity contribution in [3.05, 3.63) is 28.2 Å². The largest absolute Gasteiger partial charge is 0.378 e. The summed E-state index contributed by atoms with van der Waals surface area (Å²) in [7, 11) is 4.09. The zero-order valence-corrected chi connectivity index (χ0v) is 8.64. The van der Waals surface area contributed by atoms with Crippen molar-refractivity contribution in [2.24, 2.45) is 0 Å². The topological polar surface area (TPSA) is 3.24 Å². The summed E-state index contributed by atoms with van der Waals surface area (Å²) in [6.45, 7) is 2.09. The lowest BCUT2D eigenvalue weighted by Crippen LogP contribution is -2.08. The van der Waals surface area contributed by atoms with Crippen molar-refractivity contribution in [2.75, 3.05) is 19.0 Å². The van der Waals surface area contributed by atoms with Gasteiger partial charge in [0.25, 0.3) is 0 Å². The Hall–Kier alpha value is -0.500. The van der Waals surface area contributed by atoms with E-state index >= 15 is 0 Å². The van der Waals surface area contributed by atoms with Crippen LogP contribution in [0.2, 0.25) is 0 Å². The monoisotopic (exact) mass is 213 g/mol. The molecule has 0 unspecified atom stereocenters. The lowest BCUT2D eigenvalue weighted by Gasteiger charge is -2.13. The molecule has 0 spiro atoms. The molecule has 11 heavy (non-hydrogen) atoms. The Kier molecular flexibility index (Phi) is 2.55. The van der Waals surface area contributed by atoms with Crippen LogP contribution in [-0.2, 0) is 0 Å². The Labute approximate surface area is 76.2 Å². The lowest BCUT2D eigenvalue weighted by molar-refractivity contribution is 1.13. The van der Waals surface area contributed by atoms with Gasteiger partial charge in [0, 0.05) is 24.3 Å². The molecule has 0 amide bonds. The fourth-order valence-corrected chi connectivity index (χ4v) is 1.15. The summed E-state index contributed by atoms with van der Waals surface area (Å²) in [5.41, 5.74) is 2.52. The normalized spacial score (nSPS) is 9.82. The van der Waals surface area contributed by atoms with Gasteiger partial charge in [-0.1, -0.05) is 15.9 Å². The minimum absolute atomic E-state index is 1.17. The molecule has 0 aliphatic heterocycles. The first-order valence-corrected chi connectivity index (χ1v) is 4.34. The molecule has 0 aliphatic rings. The summed E-state index contributed by atoms with van der Waals surface area (Å²) in [6, 6.07) is 6.33. The first-order valence-electron chi connectivity index (χ1n) is 3.55. The highest BCUT2D eigenvalue weighted by Crippen LogP contribution is 2.21. The summed E-state index contributed by atoms with van der Waals surface area (Å²) < 4.78 is 1.17. The van der Waals surface area contributed by atoms with Crippen LogP contribution < -0.4 is 4.90 Å². The molecule has 0 heterocycles. The zero-order chi connectivity index (χ0) is 8.43. The van der Waals surface area contributed by atoms with Gasteiger partial charge in [-0.05, 0) is 30.7 Å². The molecule has 0 radical (unpaired) electrons. The van der Waals surface area contributed by atoms with E-state index < -0.39 is 0 Å². The van der Waals surface area contributed by atoms with Crippen LogP contribution in [-0.4, -0.2) is 14.1 Å². The van der Waals surface area contributed by atoms with Crippen LogP contribution in [0.5, 0.6) is 0 Å². The molecule has 0 N–H and O–H groups in total. The zero-order valence-electron chi connectivity index (χ0n) is 7.06. The third-order valence-electron chi connectivity index (χ3n) is 1.66. The number of nitrogens with zero attached hydrogens (tertiary/aromatic N) is 1. The summed E-state index contributed by atoms with van der Waals surface area (Å²) in [6.07, 6.45) is 0. The number of hydrogen-bond donors (Lipinski definition) is 0. The van der Waals surface area contributed by atoms with Crippen LogP contribution in [0.15, 0.2) is 22.7 Å². The summed E-state index contributed by atoms with van der Waals surface area (Å²) in [5, 5.41) is 0. The van der Waals surface area contributed by atoms with Gasteiger partial charge in [-0.3, -0.25) is 0 Å². The van der Waals surface area contributed by atoms with Crippen molar-refractivity contribution in [2.45, 2.75) is 6.92 Å². The van der Waals surface area contributed by atoms with Crippen LogP contribution in [0.1, 0.15) is 5.56 Å². The van der Waals surface area contributed by atoms with Gasteiger partial charge in [0.1, 0.15) is 0 Å². The Balaban J connectivity index is 3.05. The maximum atomic E-state index is 3.46. The third kappa shape index (κ3) is 1.96. The number of anilines is 1. The predicted molar refractivity (Wildman–Crippen MR) is 53.2 cm³/mol. The minimum atomic E-state index is 1.17. The quantitative estimate of drug-likeness (QED) is 0.694. The summed E-state index contributed by atoms with van der Waals surface area (Å²) in [5.74, 6) is 0. The van der Waals surface area contributed by atoms with Crippen molar-refractivity contribution in [3.63, 3.8) is 0 Å². The van der Waals surface area contributed by atoms with Crippen LogP contribution >= 0.6 is 15.9 Å². The summed E-state index contributed by atoms with van der Waals surface area (Å²) >= 11 is 3.46. The first-order chi connectivity index (χ1) is 5.11. The van der Waals surface area contributed by atoms with E-state index in [1.54, 1.807) is 0 Å². The molecule has 1 nitrogen and oxygen atoms in total. The number of aryl methyl sites for hydroxylation is 1. The highest BCUT2D eigenvalue weighted by molar-refractivity contribution is 9.10. The molecule has 1 rings (SSSR count). The maximum Gasteiger partial charge on any atom is 0.0364 e. The van der Waals surface area contributed by atoms with Crippen molar-refractivity contribution >= 4 is 21.6 Å². The number of benzene rings is 1. The standard InChI is InChI=1S/C9H12BrN/c1-7-6-8(11(2)3)4-5-9(7)10/h4-6H,1-3H3. The van der Waals surface area contributed by atoms with Gasteiger partial charge in [-0.2, -0.15) is 0 Å². The van der Waals surface area contributed by atoms with E-state index in [1.807, 2.05) is 14.1 Å². The van der Waals surface area contributed by atoms with E-state index in [1.165, 1.54) is 15.7 Å². The van der Waals surface area contributed by atoms with Crippen molar-refractivity contribution in [1.29, 1.82) is 0 Å². The van der Waals surface area contributed by atoms with Crippen LogP contribution in [0.25, 0.3) is 0 Å². The van der Waals surface area contributed by atoms with E-state index in [-0.39, 0.29) is 0 Å². The molecule has 0 bridgehead atoms. The van der Waals surface area contributed by atoms with Crippen LogP contribution in [0, 0.1) is 6.92 Å². The Bertz CT molecular complexity index is 256. The SMILES string of the molecule is Cc1cc(N(C)C)ccc1Br. The molecule has 60 valence electrons. The molecule has 0 saturated carbocycles.